The van der Waals surface area contributed by atoms with Crippen molar-refractivity contribution in [2.45, 2.75) is 38.6 Å². The molecule has 3 aromatic heterocycles. The highest BCUT2D eigenvalue weighted by Gasteiger charge is 2.24. The van der Waals surface area contributed by atoms with Gasteiger partial charge in [0.2, 0.25) is 0 Å². The second-order valence-corrected chi connectivity index (χ2v) is 6.02. The van der Waals surface area contributed by atoms with Crippen LogP contribution in [0.15, 0.2) is 35.5 Å². The lowest BCUT2D eigenvalue weighted by Gasteiger charge is -2.30. The van der Waals surface area contributed by atoms with Crippen molar-refractivity contribution in [3.8, 4) is 0 Å². The predicted octanol–water partition coefficient (Wildman–Crippen LogP) is 2.80. The lowest BCUT2D eigenvalue weighted by Crippen LogP contribution is -2.30. The van der Waals surface area contributed by atoms with E-state index in [4.69, 9.17) is 0 Å². The Labute approximate surface area is 122 Å². The summed E-state index contributed by atoms with van der Waals surface area (Å²) < 4.78 is 3.63. The number of pyridine rings is 1. The first-order valence-electron chi connectivity index (χ1n) is 7.59. The van der Waals surface area contributed by atoms with E-state index in [1.165, 1.54) is 19.3 Å². The summed E-state index contributed by atoms with van der Waals surface area (Å²) >= 11 is 0. The third-order valence-electron chi connectivity index (χ3n) is 4.73. The minimum atomic E-state index is 0.0520. The second-order valence-electron chi connectivity index (χ2n) is 6.02. The molecule has 1 aliphatic rings. The summed E-state index contributed by atoms with van der Waals surface area (Å²) in [6, 6.07) is 4.14. The molecule has 0 amide bonds. The molecule has 5 nitrogen and oxygen atoms in total. The Hall–Kier alpha value is -2.17. The van der Waals surface area contributed by atoms with E-state index in [0.717, 1.165) is 17.6 Å². The number of hydrogen-bond donors (Lipinski definition) is 0. The molecule has 2 unspecified atom stereocenters. The molecule has 1 saturated carbocycles. The maximum Gasteiger partial charge on any atom is 0.261 e. The Bertz CT molecular complexity index is 863. The van der Waals surface area contributed by atoms with Crippen LogP contribution in [0.4, 0.5) is 0 Å². The van der Waals surface area contributed by atoms with Crippen LogP contribution < -0.4 is 5.56 Å². The summed E-state index contributed by atoms with van der Waals surface area (Å²) in [4.78, 5) is 17.1. The number of hydrogen-bond acceptors (Lipinski definition) is 3. The summed E-state index contributed by atoms with van der Waals surface area (Å²) in [5.74, 6) is 0.551. The SMILES string of the molecule is CC1CCCCC1n1ccc2c(cnc3ccnn32)c1=O. The number of aromatic nitrogens is 4. The maximum absolute atomic E-state index is 12.8. The van der Waals surface area contributed by atoms with E-state index >= 15 is 0 Å². The predicted molar refractivity (Wildman–Crippen MR) is 81.4 cm³/mol. The maximum atomic E-state index is 12.8. The van der Waals surface area contributed by atoms with Crippen molar-refractivity contribution < 1.29 is 0 Å². The Kier molecular flexibility index (Phi) is 2.80. The van der Waals surface area contributed by atoms with Gasteiger partial charge in [0.05, 0.1) is 17.1 Å². The second kappa shape index (κ2) is 4.69. The number of nitrogens with zero attached hydrogens (tertiary/aromatic N) is 4. The molecule has 0 N–H and O–H groups in total. The third-order valence-corrected chi connectivity index (χ3v) is 4.73. The van der Waals surface area contributed by atoms with Gasteiger partial charge in [-0.25, -0.2) is 9.50 Å². The van der Waals surface area contributed by atoms with Crippen molar-refractivity contribution in [2.24, 2.45) is 5.92 Å². The Morgan fingerprint density at radius 2 is 2.10 bits per heavy atom. The average Bonchev–Trinajstić information content (AvgIpc) is 2.97. The van der Waals surface area contributed by atoms with E-state index in [-0.39, 0.29) is 5.56 Å². The minimum absolute atomic E-state index is 0.0520. The van der Waals surface area contributed by atoms with Gasteiger partial charge in [0.1, 0.15) is 0 Å². The van der Waals surface area contributed by atoms with E-state index in [1.54, 1.807) is 16.9 Å². The van der Waals surface area contributed by atoms with Gasteiger partial charge < -0.3 is 4.57 Å². The molecule has 3 aromatic rings. The molecule has 0 aliphatic heterocycles. The van der Waals surface area contributed by atoms with E-state index in [2.05, 4.69) is 17.0 Å². The Morgan fingerprint density at radius 3 is 2.95 bits per heavy atom. The van der Waals surface area contributed by atoms with Gasteiger partial charge in [0.15, 0.2) is 5.65 Å². The molecule has 21 heavy (non-hydrogen) atoms. The van der Waals surface area contributed by atoms with Crippen molar-refractivity contribution in [3.63, 3.8) is 0 Å². The standard InChI is InChI=1S/C16H18N4O/c1-11-4-2-3-5-13(11)19-9-7-14-12(16(19)21)10-17-15-6-8-18-20(14)15/h6-11,13H,2-5H2,1H3. The van der Waals surface area contributed by atoms with Crippen molar-refractivity contribution >= 4 is 16.6 Å². The molecule has 3 heterocycles. The summed E-state index contributed by atoms with van der Waals surface area (Å²) in [7, 11) is 0. The molecule has 1 aliphatic carbocycles. The van der Waals surface area contributed by atoms with Crippen LogP contribution in [0.25, 0.3) is 16.6 Å². The number of fused-ring (bicyclic) bond motifs is 3. The monoisotopic (exact) mass is 282 g/mol. The van der Waals surface area contributed by atoms with Gasteiger partial charge in [0.25, 0.3) is 5.56 Å². The summed E-state index contributed by atoms with van der Waals surface area (Å²) in [5, 5.41) is 4.90. The first kappa shape index (κ1) is 12.6. The quantitative estimate of drug-likeness (QED) is 0.689. The molecule has 108 valence electrons. The fraction of sp³-hybridized carbons (Fsp3) is 0.438. The van der Waals surface area contributed by atoms with Gasteiger partial charge >= 0.3 is 0 Å². The summed E-state index contributed by atoms with van der Waals surface area (Å²) in [5.41, 5.74) is 1.65. The van der Waals surface area contributed by atoms with Crippen LogP contribution in [0, 0.1) is 5.92 Å². The van der Waals surface area contributed by atoms with Gasteiger partial charge in [-0.3, -0.25) is 4.79 Å². The summed E-state index contributed by atoms with van der Waals surface area (Å²) in [6.07, 6.45) is 10.1. The average molecular weight is 282 g/mol. The van der Waals surface area contributed by atoms with Crippen LogP contribution in [-0.4, -0.2) is 19.2 Å². The van der Waals surface area contributed by atoms with Crippen LogP contribution in [0.1, 0.15) is 38.6 Å². The molecular weight excluding hydrogens is 264 g/mol. The highest BCUT2D eigenvalue weighted by atomic mass is 16.1. The summed E-state index contributed by atoms with van der Waals surface area (Å²) in [6.45, 7) is 2.25. The lowest BCUT2D eigenvalue weighted by molar-refractivity contribution is 0.253. The van der Waals surface area contributed by atoms with Gasteiger partial charge in [-0.1, -0.05) is 19.8 Å². The number of rotatable bonds is 1. The first-order chi connectivity index (χ1) is 10.3. The topological polar surface area (TPSA) is 52.2 Å². The fourth-order valence-electron chi connectivity index (χ4n) is 3.54. The molecule has 0 bridgehead atoms. The smallest absolute Gasteiger partial charge is 0.261 e. The largest absolute Gasteiger partial charge is 0.312 e. The van der Waals surface area contributed by atoms with Gasteiger partial charge in [-0.2, -0.15) is 5.10 Å². The third kappa shape index (κ3) is 1.87. The molecule has 4 rings (SSSR count). The van der Waals surface area contributed by atoms with Crippen molar-refractivity contribution in [2.75, 3.05) is 0 Å². The zero-order valence-electron chi connectivity index (χ0n) is 12.1. The van der Waals surface area contributed by atoms with Crippen molar-refractivity contribution in [1.29, 1.82) is 0 Å². The zero-order chi connectivity index (χ0) is 14.4. The van der Waals surface area contributed by atoms with Gasteiger partial charge in [-0.05, 0) is 24.8 Å². The molecule has 0 spiro atoms. The molecule has 0 aromatic carbocycles. The minimum Gasteiger partial charge on any atom is -0.312 e. The molecule has 2 atom stereocenters. The normalized spacial score (nSPS) is 22.9. The van der Waals surface area contributed by atoms with Crippen LogP contribution >= 0.6 is 0 Å². The molecule has 0 saturated heterocycles. The van der Waals surface area contributed by atoms with Crippen molar-refractivity contribution in [1.82, 2.24) is 19.2 Å². The molecule has 0 radical (unpaired) electrons. The zero-order valence-corrected chi connectivity index (χ0v) is 12.1. The van der Waals surface area contributed by atoms with Gasteiger partial charge in [0, 0.05) is 24.5 Å². The lowest BCUT2D eigenvalue weighted by atomic mass is 9.85. The van der Waals surface area contributed by atoms with E-state index in [9.17, 15) is 4.79 Å². The van der Waals surface area contributed by atoms with E-state index in [0.29, 0.717) is 17.3 Å². The van der Waals surface area contributed by atoms with E-state index in [1.807, 2.05) is 22.9 Å². The molecule has 5 heteroatoms. The molecular formula is C16H18N4O. The van der Waals surface area contributed by atoms with Crippen LogP contribution in [0.3, 0.4) is 0 Å². The fourth-order valence-corrected chi connectivity index (χ4v) is 3.54. The first-order valence-corrected chi connectivity index (χ1v) is 7.59. The Balaban J connectivity index is 1.93. The van der Waals surface area contributed by atoms with Crippen molar-refractivity contribution in [3.05, 3.63) is 41.1 Å². The highest BCUT2D eigenvalue weighted by molar-refractivity contribution is 5.79. The van der Waals surface area contributed by atoms with Crippen LogP contribution in [0.2, 0.25) is 0 Å². The Morgan fingerprint density at radius 1 is 1.24 bits per heavy atom. The highest BCUT2D eigenvalue weighted by Crippen LogP contribution is 2.32. The van der Waals surface area contributed by atoms with Crippen LogP contribution in [0.5, 0.6) is 0 Å². The van der Waals surface area contributed by atoms with Gasteiger partial charge in [-0.15, -0.1) is 0 Å². The molecule has 1 fully saturated rings. The van der Waals surface area contributed by atoms with Crippen LogP contribution in [-0.2, 0) is 0 Å². The van der Waals surface area contributed by atoms with E-state index < -0.39 is 0 Å².